The SMILES string of the molecule is C.C[C@@H](O)[C@H](NC(=O)c1ccc(C#Cc2ccc(CNc3ccccc3)cc2)cc1)C(=O)NO. The molecule has 0 aliphatic heterocycles. The van der Waals surface area contributed by atoms with Crippen molar-refractivity contribution in [1.29, 1.82) is 0 Å². The molecule has 0 aliphatic rings. The number of aliphatic hydroxyl groups is 1. The summed E-state index contributed by atoms with van der Waals surface area (Å²) < 4.78 is 0. The molecule has 0 aliphatic carbocycles. The third kappa shape index (κ3) is 7.48. The topological polar surface area (TPSA) is 111 Å². The molecule has 0 fully saturated rings. The smallest absolute Gasteiger partial charge is 0.268 e. The standard InChI is InChI=1S/C26H25N3O4.CH4/c1-18(30)24(26(32)29-33)28-25(31)22-15-13-20(14-16-22)8-7-19-9-11-21(12-10-19)17-27-23-5-3-2-4-6-23;/h2-6,9-16,18,24,27,30,33H,17H2,1H3,(H,28,31)(H,29,32);1H4/t18-,24+;/m1./s1. The molecule has 0 spiro atoms. The van der Waals surface area contributed by atoms with Crippen LogP contribution < -0.4 is 16.1 Å². The molecule has 7 nitrogen and oxygen atoms in total. The molecule has 0 heterocycles. The highest BCUT2D eigenvalue weighted by atomic mass is 16.5. The maximum atomic E-state index is 12.3. The van der Waals surface area contributed by atoms with E-state index in [-0.39, 0.29) is 7.43 Å². The van der Waals surface area contributed by atoms with Crippen molar-refractivity contribution < 1.29 is 19.9 Å². The molecule has 34 heavy (non-hydrogen) atoms. The second-order valence-corrected chi connectivity index (χ2v) is 7.41. The molecule has 0 aromatic heterocycles. The first-order chi connectivity index (χ1) is 16.0. The third-order valence-corrected chi connectivity index (χ3v) is 4.88. The Morgan fingerprint density at radius 3 is 1.97 bits per heavy atom. The molecule has 0 unspecified atom stereocenters. The zero-order chi connectivity index (χ0) is 23.6. The number of amides is 2. The number of para-hydroxylation sites is 1. The van der Waals surface area contributed by atoms with E-state index in [0.29, 0.717) is 5.56 Å². The van der Waals surface area contributed by atoms with Crippen molar-refractivity contribution in [3.05, 3.63) is 101 Å². The number of aliphatic hydroxyl groups excluding tert-OH is 1. The number of anilines is 1. The molecular formula is C27H29N3O4. The van der Waals surface area contributed by atoms with Gasteiger partial charge in [-0.15, -0.1) is 0 Å². The highest BCUT2D eigenvalue weighted by Crippen LogP contribution is 2.10. The van der Waals surface area contributed by atoms with E-state index in [1.54, 1.807) is 24.3 Å². The van der Waals surface area contributed by atoms with Gasteiger partial charge in [0.1, 0.15) is 6.04 Å². The van der Waals surface area contributed by atoms with Crippen molar-refractivity contribution in [2.24, 2.45) is 0 Å². The van der Waals surface area contributed by atoms with Gasteiger partial charge in [0.05, 0.1) is 6.10 Å². The van der Waals surface area contributed by atoms with E-state index in [9.17, 15) is 14.7 Å². The summed E-state index contributed by atoms with van der Waals surface area (Å²) in [6.07, 6.45) is -1.17. The summed E-state index contributed by atoms with van der Waals surface area (Å²) in [6, 6.07) is 23.2. The number of nitrogens with one attached hydrogen (secondary N) is 3. The molecule has 3 rings (SSSR count). The van der Waals surface area contributed by atoms with E-state index < -0.39 is 24.0 Å². The second kappa shape index (κ2) is 12.8. The van der Waals surface area contributed by atoms with Crippen LogP contribution in [-0.4, -0.2) is 34.3 Å². The maximum absolute atomic E-state index is 12.3. The van der Waals surface area contributed by atoms with Gasteiger partial charge in [0.15, 0.2) is 0 Å². The first-order valence-corrected chi connectivity index (χ1v) is 10.4. The number of rotatable bonds is 7. The van der Waals surface area contributed by atoms with Gasteiger partial charge in [-0.05, 0) is 61.0 Å². The summed E-state index contributed by atoms with van der Waals surface area (Å²) in [4.78, 5) is 23.9. The molecule has 0 saturated heterocycles. The van der Waals surface area contributed by atoms with Crippen molar-refractivity contribution in [3.63, 3.8) is 0 Å². The molecule has 3 aromatic carbocycles. The minimum Gasteiger partial charge on any atom is -0.391 e. The molecular weight excluding hydrogens is 430 g/mol. The Kier molecular flexibility index (Phi) is 9.84. The lowest BCUT2D eigenvalue weighted by Gasteiger charge is -2.19. The first-order valence-electron chi connectivity index (χ1n) is 10.4. The fourth-order valence-electron chi connectivity index (χ4n) is 3.01. The van der Waals surface area contributed by atoms with Crippen LogP contribution in [0.4, 0.5) is 5.69 Å². The lowest BCUT2D eigenvalue weighted by atomic mass is 10.1. The first kappa shape index (κ1) is 26.1. The Bertz CT molecular complexity index is 1130. The van der Waals surface area contributed by atoms with Gasteiger partial charge >= 0.3 is 0 Å². The molecule has 3 aromatic rings. The number of carbonyl (C=O) groups excluding carboxylic acids is 2. The van der Waals surface area contributed by atoms with Gasteiger partial charge in [-0.3, -0.25) is 14.8 Å². The van der Waals surface area contributed by atoms with Crippen molar-refractivity contribution in [3.8, 4) is 11.8 Å². The quantitative estimate of drug-likeness (QED) is 0.212. The van der Waals surface area contributed by atoms with Crippen molar-refractivity contribution in [2.45, 2.75) is 33.0 Å². The average molecular weight is 460 g/mol. The summed E-state index contributed by atoms with van der Waals surface area (Å²) >= 11 is 0. The maximum Gasteiger partial charge on any atom is 0.268 e. The summed E-state index contributed by atoms with van der Waals surface area (Å²) in [5.74, 6) is 4.70. The van der Waals surface area contributed by atoms with Crippen molar-refractivity contribution >= 4 is 17.5 Å². The highest BCUT2D eigenvalue weighted by molar-refractivity contribution is 5.97. The second-order valence-electron chi connectivity index (χ2n) is 7.41. The monoisotopic (exact) mass is 459 g/mol. The number of hydroxylamine groups is 1. The van der Waals surface area contributed by atoms with Crippen LogP contribution in [-0.2, 0) is 11.3 Å². The summed E-state index contributed by atoms with van der Waals surface area (Å²) in [6.45, 7) is 2.06. The minimum absolute atomic E-state index is 0. The molecule has 7 heteroatoms. The number of hydrogen-bond donors (Lipinski definition) is 5. The van der Waals surface area contributed by atoms with Crippen LogP contribution in [0, 0.1) is 11.8 Å². The third-order valence-electron chi connectivity index (χ3n) is 4.88. The van der Waals surface area contributed by atoms with Crippen LogP contribution in [0.25, 0.3) is 0 Å². The number of hydrogen-bond acceptors (Lipinski definition) is 5. The zero-order valence-corrected chi connectivity index (χ0v) is 18.1. The Morgan fingerprint density at radius 2 is 1.44 bits per heavy atom. The van der Waals surface area contributed by atoms with Gasteiger partial charge in [-0.1, -0.05) is 49.6 Å². The van der Waals surface area contributed by atoms with Crippen LogP contribution in [0.1, 0.15) is 41.4 Å². The van der Waals surface area contributed by atoms with Crippen LogP contribution in [0.15, 0.2) is 78.9 Å². The molecule has 2 atom stereocenters. The fraction of sp³-hybridized carbons (Fsp3) is 0.185. The van der Waals surface area contributed by atoms with Crippen molar-refractivity contribution in [2.75, 3.05) is 5.32 Å². The zero-order valence-electron chi connectivity index (χ0n) is 18.1. The molecule has 0 radical (unpaired) electrons. The van der Waals surface area contributed by atoms with Gasteiger partial charge in [-0.25, -0.2) is 5.48 Å². The van der Waals surface area contributed by atoms with Gasteiger partial charge in [-0.2, -0.15) is 0 Å². The summed E-state index contributed by atoms with van der Waals surface area (Å²) in [5, 5.41) is 24.1. The van der Waals surface area contributed by atoms with E-state index in [2.05, 4.69) is 22.5 Å². The van der Waals surface area contributed by atoms with Crippen LogP contribution in [0.3, 0.4) is 0 Å². The predicted molar refractivity (Wildman–Crippen MR) is 132 cm³/mol. The van der Waals surface area contributed by atoms with E-state index in [1.165, 1.54) is 12.4 Å². The van der Waals surface area contributed by atoms with E-state index in [0.717, 1.165) is 28.9 Å². The highest BCUT2D eigenvalue weighted by Gasteiger charge is 2.25. The van der Waals surface area contributed by atoms with E-state index in [4.69, 9.17) is 5.21 Å². The Hall–Kier alpha value is -4.12. The molecule has 5 N–H and O–H groups in total. The fourth-order valence-corrected chi connectivity index (χ4v) is 3.01. The lowest BCUT2D eigenvalue weighted by Crippen LogP contribution is -2.51. The van der Waals surface area contributed by atoms with E-state index in [1.807, 2.05) is 54.6 Å². The number of benzene rings is 3. The van der Waals surface area contributed by atoms with Gasteiger partial charge < -0.3 is 15.7 Å². The van der Waals surface area contributed by atoms with Crippen LogP contribution >= 0.6 is 0 Å². The summed E-state index contributed by atoms with van der Waals surface area (Å²) in [7, 11) is 0. The van der Waals surface area contributed by atoms with Crippen LogP contribution in [0.2, 0.25) is 0 Å². The Labute approximate surface area is 199 Å². The molecule has 0 saturated carbocycles. The predicted octanol–water partition coefficient (Wildman–Crippen LogP) is 3.32. The molecule has 2 amide bonds. The van der Waals surface area contributed by atoms with Gasteiger partial charge in [0.25, 0.3) is 11.8 Å². The largest absolute Gasteiger partial charge is 0.391 e. The minimum atomic E-state index is -1.27. The van der Waals surface area contributed by atoms with Gasteiger partial charge in [0.2, 0.25) is 0 Å². The molecule has 176 valence electrons. The van der Waals surface area contributed by atoms with Gasteiger partial charge in [0, 0.05) is 28.9 Å². The van der Waals surface area contributed by atoms with Crippen LogP contribution in [0.5, 0.6) is 0 Å². The Morgan fingerprint density at radius 1 is 0.882 bits per heavy atom. The molecule has 0 bridgehead atoms. The summed E-state index contributed by atoms with van der Waals surface area (Å²) in [5.41, 5.74) is 5.53. The van der Waals surface area contributed by atoms with Crippen molar-refractivity contribution in [1.82, 2.24) is 10.8 Å². The average Bonchev–Trinajstić information content (AvgIpc) is 2.85. The number of carbonyl (C=O) groups is 2. The Balaban J connectivity index is 0.00000408. The lowest BCUT2D eigenvalue weighted by molar-refractivity contribution is -0.133. The normalized spacial score (nSPS) is 11.6. The van der Waals surface area contributed by atoms with E-state index >= 15 is 0 Å².